The molecule has 2 saturated heterocycles. The van der Waals surface area contributed by atoms with Gasteiger partial charge in [-0.25, -0.2) is 18.4 Å². The van der Waals surface area contributed by atoms with Crippen molar-refractivity contribution in [1.29, 1.82) is 0 Å². The molecule has 2 aliphatic rings. The van der Waals surface area contributed by atoms with Crippen molar-refractivity contribution in [2.24, 2.45) is 0 Å². The van der Waals surface area contributed by atoms with E-state index in [1.165, 1.54) is 24.3 Å². The fourth-order valence-corrected chi connectivity index (χ4v) is 8.59. The van der Waals surface area contributed by atoms with E-state index in [-0.39, 0.29) is 49.9 Å². The number of benzene rings is 6. The quantitative estimate of drug-likeness (QED) is 0.0469. The molecule has 72 heavy (non-hydrogen) atoms. The fraction of sp³-hybridized carbons (Fsp3) is 0.120. The van der Waals surface area contributed by atoms with Gasteiger partial charge < -0.3 is 40.3 Å². The van der Waals surface area contributed by atoms with Crippen LogP contribution in [0.1, 0.15) is 57.5 Å². The molecule has 10 rings (SSSR count). The van der Waals surface area contributed by atoms with Gasteiger partial charge in [0.05, 0.1) is 42.8 Å². The summed E-state index contributed by atoms with van der Waals surface area (Å²) in [6.45, 7) is 0.539. The molecule has 8 aromatic rings. The summed E-state index contributed by atoms with van der Waals surface area (Å²) >= 11 is 0. The summed E-state index contributed by atoms with van der Waals surface area (Å²) in [7, 11) is 0. The van der Waals surface area contributed by atoms with Gasteiger partial charge in [0.25, 0.3) is 23.6 Å². The Morgan fingerprint density at radius 1 is 0.472 bits per heavy atom. The van der Waals surface area contributed by atoms with Gasteiger partial charge in [-0.1, -0.05) is 48.5 Å². The second-order valence-electron chi connectivity index (χ2n) is 16.0. The first-order valence-corrected chi connectivity index (χ1v) is 21.5. The molecule has 20 nitrogen and oxygen atoms in total. The SMILES string of the molecule is O=C(ON1C(=O)CCC1=O)c1ccc(C[n+]2c3ccccc3c(-c3c4ccccc4[n+](Cc4ccc(C(=O)ON5C(=O)CCC5=O)cc4)c4cc(F)ccc34)c3ccc(F)cc32)cc1.O=[N+]([O-])[O-].O=[N+]([O-])[O-]. The average Bonchev–Trinajstić information content (AvgIpc) is 3.84. The molecule has 22 heteroatoms. The van der Waals surface area contributed by atoms with Crippen molar-refractivity contribution in [2.45, 2.75) is 38.8 Å². The zero-order chi connectivity index (χ0) is 51.4. The number of amides is 4. The Balaban J connectivity index is 0.000000809. The van der Waals surface area contributed by atoms with Gasteiger partial charge in [0, 0.05) is 72.2 Å². The summed E-state index contributed by atoms with van der Waals surface area (Å²) in [5.41, 5.74) is 6.15. The number of rotatable bonds is 9. The third-order valence-corrected chi connectivity index (χ3v) is 11.6. The molecule has 0 unspecified atom stereocenters. The minimum absolute atomic E-state index is 0.0198. The molecular weight excluding hydrogens is 947 g/mol. The van der Waals surface area contributed by atoms with Crippen molar-refractivity contribution in [1.82, 2.24) is 10.1 Å². The Kier molecular flexibility index (Phi) is 13.8. The molecule has 0 aliphatic carbocycles. The van der Waals surface area contributed by atoms with Crippen LogP contribution in [0.15, 0.2) is 133 Å². The second-order valence-corrected chi connectivity index (χ2v) is 16.0. The third-order valence-electron chi connectivity index (χ3n) is 11.6. The summed E-state index contributed by atoms with van der Waals surface area (Å²) < 4.78 is 34.9. The third kappa shape index (κ3) is 10.1. The van der Waals surface area contributed by atoms with Gasteiger partial charge in [0.15, 0.2) is 13.1 Å². The summed E-state index contributed by atoms with van der Waals surface area (Å²) in [5.74, 6) is -4.90. The minimum atomic E-state index is -1.75. The monoisotopic (exact) mass is 980 g/mol. The number of carbonyl (C=O) groups excluding carboxylic acids is 6. The fourth-order valence-electron chi connectivity index (χ4n) is 8.59. The lowest BCUT2D eigenvalue weighted by Crippen LogP contribution is -2.37. The van der Waals surface area contributed by atoms with Crippen LogP contribution in [0, 0.1) is 42.3 Å². The molecule has 2 fully saturated rings. The lowest BCUT2D eigenvalue weighted by atomic mass is 9.89. The topological polar surface area (TPSA) is 268 Å². The number of imide groups is 2. The highest BCUT2D eigenvalue weighted by Gasteiger charge is 2.35. The largest absolute Gasteiger partial charge is 0.363 e. The highest BCUT2D eigenvalue weighted by molar-refractivity contribution is 6.18. The highest BCUT2D eigenvalue weighted by Crippen LogP contribution is 2.42. The molecule has 0 radical (unpaired) electrons. The van der Waals surface area contributed by atoms with Crippen LogP contribution < -0.4 is 9.13 Å². The number of fused-ring (bicyclic) bond motifs is 4. The maximum atomic E-state index is 15.4. The van der Waals surface area contributed by atoms with Crippen molar-refractivity contribution in [2.75, 3.05) is 0 Å². The minimum Gasteiger partial charge on any atom is -0.356 e. The summed E-state index contributed by atoms with van der Waals surface area (Å²) in [4.78, 5) is 101. The molecule has 0 atom stereocenters. The van der Waals surface area contributed by atoms with Crippen molar-refractivity contribution in [3.05, 3.63) is 198 Å². The number of hydrogen-bond acceptors (Lipinski definition) is 14. The predicted molar refractivity (Wildman–Crippen MR) is 247 cm³/mol. The molecular formula is C50H34F2N6O14. The van der Waals surface area contributed by atoms with E-state index in [1.54, 1.807) is 60.7 Å². The van der Waals surface area contributed by atoms with Gasteiger partial charge >= 0.3 is 11.9 Å². The maximum Gasteiger partial charge on any atom is 0.363 e. The molecule has 0 N–H and O–H groups in total. The van der Waals surface area contributed by atoms with Crippen LogP contribution in [-0.4, -0.2) is 55.9 Å². The number of halogens is 2. The van der Waals surface area contributed by atoms with Crippen LogP contribution in [0.2, 0.25) is 0 Å². The molecule has 2 aromatic heterocycles. The van der Waals surface area contributed by atoms with E-state index >= 15 is 8.78 Å². The summed E-state index contributed by atoms with van der Waals surface area (Å²) in [5, 5.41) is 33.7. The Hall–Kier alpha value is -9.86. The molecule has 4 heterocycles. The molecule has 4 amide bonds. The Labute approximate surface area is 402 Å². The lowest BCUT2D eigenvalue weighted by molar-refractivity contribution is -0.636. The van der Waals surface area contributed by atoms with E-state index in [2.05, 4.69) is 0 Å². The lowest BCUT2D eigenvalue weighted by Gasteiger charge is -2.17. The van der Waals surface area contributed by atoms with Gasteiger partial charge in [-0.3, -0.25) is 19.2 Å². The smallest absolute Gasteiger partial charge is 0.356 e. The number of pyridine rings is 2. The van der Waals surface area contributed by atoms with E-state index in [1.807, 2.05) is 57.7 Å². The Morgan fingerprint density at radius 2 is 0.778 bits per heavy atom. The van der Waals surface area contributed by atoms with Crippen molar-refractivity contribution < 1.29 is 66.5 Å². The van der Waals surface area contributed by atoms with E-state index in [0.29, 0.717) is 21.2 Å². The first kappa shape index (κ1) is 48.6. The van der Waals surface area contributed by atoms with E-state index in [0.717, 1.165) is 54.8 Å². The first-order valence-electron chi connectivity index (χ1n) is 21.5. The zero-order valence-corrected chi connectivity index (χ0v) is 37.1. The summed E-state index contributed by atoms with van der Waals surface area (Å²) in [6.07, 6.45) is -0.0794. The molecule has 362 valence electrons. The Bertz CT molecular complexity index is 3300. The molecule has 6 aromatic carbocycles. The van der Waals surface area contributed by atoms with Gasteiger partial charge in [-0.05, 0) is 60.7 Å². The molecule has 0 spiro atoms. The normalized spacial score (nSPS) is 13.2. The zero-order valence-electron chi connectivity index (χ0n) is 37.1. The average molecular weight is 981 g/mol. The standard InChI is InChI=1S/C50H34F2N4O8.2NO3/c51-33-17-19-37-41(25-33)53(27-29-9-13-31(14-10-29)49(61)63-55-43(57)21-22-44(55)58)39-7-3-1-5-35(39)47(37)48-36-6-2-4-8-40(36)54(42-26-34(52)18-20-38(42)48)28-30-11-15-32(16-12-30)50(62)64-56-45(59)23-24-46(56)60;2*2-1(3)4/h1-20,25-26H,21-24,27-28H2;;/q+2;2*-1. The summed E-state index contributed by atoms with van der Waals surface area (Å²) in [6, 6.07) is 37.9. The second kappa shape index (κ2) is 20.4. The van der Waals surface area contributed by atoms with Crippen molar-refractivity contribution >= 4 is 79.2 Å². The van der Waals surface area contributed by atoms with Crippen molar-refractivity contribution in [3.63, 3.8) is 0 Å². The van der Waals surface area contributed by atoms with Crippen LogP contribution in [-0.2, 0) is 41.9 Å². The van der Waals surface area contributed by atoms with Crippen LogP contribution in [0.25, 0.3) is 54.7 Å². The number of aromatic nitrogens is 2. The maximum absolute atomic E-state index is 15.4. The van der Waals surface area contributed by atoms with Gasteiger partial charge in [0.1, 0.15) is 11.6 Å². The van der Waals surface area contributed by atoms with Crippen molar-refractivity contribution in [3.8, 4) is 11.1 Å². The number of hydrogen-bond donors (Lipinski definition) is 0. The van der Waals surface area contributed by atoms with E-state index < -0.39 is 57.4 Å². The van der Waals surface area contributed by atoms with Crippen LogP contribution in [0.3, 0.4) is 0 Å². The van der Waals surface area contributed by atoms with Gasteiger partial charge in [0.2, 0.25) is 22.1 Å². The number of nitrogens with zero attached hydrogens (tertiary/aromatic N) is 6. The van der Waals surface area contributed by atoms with Crippen LogP contribution in [0.5, 0.6) is 0 Å². The van der Waals surface area contributed by atoms with Gasteiger partial charge in [-0.15, -0.1) is 10.1 Å². The van der Waals surface area contributed by atoms with Crippen LogP contribution >= 0.6 is 0 Å². The first-order chi connectivity index (χ1) is 34.5. The number of hydroxylamine groups is 4. The molecule has 2 aliphatic heterocycles. The van der Waals surface area contributed by atoms with E-state index in [4.69, 9.17) is 40.3 Å². The van der Waals surface area contributed by atoms with E-state index in [9.17, 15) is 28.8 Å². The number of carbonyl (C=O) groups is 6. The predicted octanol–water partition coefficient (Wildman–Crippen LogP) is 6.88. The number of para-hydroxylation sites is 2. The highest BCUT2D eigenvalue weighted by atomic mass is 19.1. The Morgan fingerprint density at radius 3 is 1.11 bits per heavy atom. The molecule has 0 saturated carbocycles. The molecule has 0 bridgehead atoms. The van der Waals surface area contributed by atoms with Gasteiger partial charge in [-0.2, -0.15) is 9.13 Å². The van der Waals surface area contributed by atoms with Crippen LogP contribution in [0.4, 0.5) is 8.78 Å².